The van der Waals surface area contributed by atoms with Gasteiger partial charge in [-0.1, -0.05) is 35.9 Å². The fourth-order valence-electron chi connectivity index (χ4n) is 2.12. The zero-order valence-corrected chi connectivity index (χ0v) is 11.7. The van der Waals surface area contributed by atoms with Crippen LogP contribution in [0.2, 0.25) is 5.02 Å². The Kier molecular flexibility index (Phi) is 4.43. The van der Waals surface area contributed by atoms with Crippen LogP contribution in [0.25, 0.3) is 0 Å². The van der Waals surface area contributed by atoms with Crippen LogP contribution in [0.5, 0.6) is 5.75 Å². The molecule has 0 aliphatic heterocycles. The number of benzene rings is 2. The maximum atomic E-state index is 6.17. The summed E-state index contributed by atoms with van der Waals surface area (Å²) in [4.78, 5) is 0. The van der Waals surface area contributed by atoms with Crippen molar-refractivity contribution in [3.63, 3.8) is 0 Å². The van der Waals surface area contributed by atoms with E-state index in [1.165, 1.54) is 0 Å². The topological polar surface area (TPSA) is 47.3 Å². The largest absolute Gasteiger partial charge is 0.497 e. The van der Waals surface area contributed by atoms with Gasteiger partial charge in [0.2, 0.25) is 0 Å². The molecule has 3 nitrogen and oxygen atoms in total. The van der Waals surface area contributed by atoms with E-state index in [1.807, 2.05) is 49.4 Å². The number of halogens is 1. The summed E-state index contributed by atoms with van der Waals surface area (Å²) in [5, 5.41) is 0.737. The highest BCUT2D eigenvalue weighted by Crippen LogP contribution is 2.29. The molecule has 1 unspecified atom stereocenters. The van der Waals surface area contributed by atoms with Crippen LogP contribution in [-0.2, 0) is 0 Å². The molecule has 0 saturated carbocycles. The number of hydrazine groups is 1. The van der Waals surface area contributed by atoms with Crippen molar-refractivity contribution in [2.24, 2.45) is 5.84 Å². The lowest BCUT2D eigenvalue weighted by Crippen LogP contribution is -2.29. The van der Waals surface area contributed by atoms with Gasteiger partial charge in [-0.05, 0) is 41.8 Å². The molecule has 0 heterocycles. The van der Waals surface area contributed by atoms with Crippen molar-refractivity contribution in [1.82, 2.24) is 5.43 Å². The van der Waals surface area contributed by atoms with E-state index in [-0.39, 0.29) is 6.04 Å². The predicted molar refractivity (Wildman–Crippen MR) is 78.3 cm³/mol. The molecule has 3 N–H and O–H groups in total. The van der Waals surface area contributed by atoms with Gasteiger partial charge in [-0.3, -0.25) is 5.84 Å². The lowest BCUT2D eigenvalue weighted by Gasteiger charge is -2.20. The van der Waals surface area contributed by atoms with Crippen LogP contribution in [0.4, 0.5) is 0 Å². The molecule has 0 saturated heterocycles. The van der Waals surface area contributed by atoms with Crippen LogP contribution in [-0.4, -0.2) is 7.11 Å². The molecule has 0 aromatic heterocycles. The van der Waals surface area contributed by atoms with Gasteiger partial charge in [0.1, 0.15) is 5.75 Å². The zero-order valence-electron chi connectivity index (χ0n) is 11.0. The standard InChI is InChI=1S/C15H17ClN2O/c1-10-13(7-4-8-14(10)16)15(18-17)11-5-3-6-12(9-11)19-2/h3-9,15,18H,17H2,1-2H3. The Bertz CT molecular complexity index is 572. The summed E-state index contributed by atoms with van der Waals surface area (Å²) >= 11 is 6.17. The van der Waals surface area contributed by atoms with Gasteiger partial charge < -0.3 is 4.74 Å². The first-order valence-corrected chi connectivity index (χ1v) is 6.40. The molecule has 100 valence electrons. The van der Waals surface area contributed by atoms with Crippen molar-refractivity contribution < 1.29 is 4.74 Å². The van der Waals surface area contributed by atoms with Crippen molar-refractivity contribution in [3.8, 4) is 5.75 Å². The van der Waals surface area contributed by atoms with Gasteiger partial charge in [-0.15, -0.1) is 0 Å². The summed E-state index contributed by atoms with van der Waals surface area (Å²) in [5.41, 5.74) is 5.96. The van der Waals surface area contributed by atoms with Gasteiger partial charge in [0, 0.05) is 5.02 Å². The number of methoxy groups -OCH3 is 1. The van der Waals surface area contributed by atoms with E-state index in [0.717, 1.165) is 27.5 Å². The smallest absolute Gasteiger partial charge is 0.119 e. The normalized spacial score (nSPS) is 12.2. The Hall–Kier alpha value is -1.55. The van der Waals surface area contributed by atoms with Crippen LogP contribution >= 0.6 is 11.6 Å². The monoisotopic (exact) mass is 276 g/mol. The van der Waals surface area contributed by atoms with E-state index in [2.05, 4.69) is 5.43 Å². The molecule has 2 aromatic rings. The molecule has 0 spiro atoms. The lowest BCUT2D eigenvalue weighted by atomic mass is 9.95. The molecule has 0 aliphatic rings. The fraction of sp³-hybridized carbons (Fsp3) is 0.200. The van der Waals surface area contributed by atoms with Crippen LogP contribution < -0.4 is 16.0 Å². The summed E-state index contributed by atoms with van der Waals surface area (Å²) in [6.45, 7) is 1.99. The van der Waals surface area contributed by atoms with Crippen molar-refractivity contribution in [1.29, 1.82) is 0 Å². The molecule has 0 bridgehead atoms. The van der Waals surface area contributed by atoms with Gasteiger partial charge in [-0.2, -0.15) is 0 Å². The number of rotatable bonds is 4. The third-order valence-corrected chi connectivity index (χ3v) is 3.62. The highest BCUT2D eigenvalue weighted by Gasteiger charge is 2.16. The van der Waals surface area contributed by atoms with E-state index in [0.29, 0.717) is 0 Å². The first-order valence-electron chi connectivity index (χ1n) is 6.02. The minimum atomic E-state index is -0.117. The van der Waals surface area contributed by atoms with Crippen molar-refractivity contribution in [2.75, 3.05) is 7.11 Å². The van der Waals surface area contributed by atoms with Crippen molar-refractivity contribution in [2.45, 2.75) is 13.0 Å². The molecule has 4 heteroatoms. The SMILES string of the molecule is COc1cccc(C(NN)c2cccc(Cl)c2C)c1. The Balaban J connectivity index is 2.46. The summed E-state index contributed by atoms with van der Waals surface area (Å²) in [6, 6.07) is 13.5. The Morgan fingerprint density at radius 2 is 1.95 bits per heavy atom. The van der Waals surface area contributed by atoms with Gasteiger partial charge in [0.15, 0.2) is 0 Å². The molecule has 0 aliphatic carbocycles. The van der Waals surface area contributed by atoms with Crippen molar-refractivity contribution in [3.05, 3.63) is 64.2 Å². The summed E-state index contributed by atoms with van der Waals surface area (Å²) < 4.78 is 5.24. The molecule has 19 heavy (non-hydrogen) atoms. The van der Waals surface area contributed by atoms with Gasteiger partial charge in [0.05, 0.1) is 13.2 Å². The Labute approximate surface area is 118 Å². The van der Waals surface area contributed by atoms with Gasteiger partial charge >= 0.3 is 0 Å². The van der Waals surface area contributed by atoms with Crippen LogP contribution in [0.3, 0.4) is 0 Å². The highest BCUT2D eigenvalue weighted by atomic mass is 35.5. The average molecular weight is 277 g/mol. The molecule has 2 aromatic carbocycles. The molecule has 1 atom stereocenters. The van der Waals surface area contributed by atoms with E-state index >= 15 is 0 Å². The number of hydrogen-bond acceptors (Lipinski definition) is 3. The van der Waals surface area contributed by atoms with Gasteiger partial charge in [0.25, 0.3) is 0 Å². The lowest BCUT2D eigenvalue weighted by molar-refractivity contribution is 0.413. The second-order valence-electron chi connectivity index (χ2n) is 4.33. The number of ether oxygens (including phenoxy) is 1. The first-order chi connectivity index (χ1) is 9.17. The second-order valence-corrected chi connectivity index (χ2v) is 4.74. The molecule has 0 radical (unpaired) electrons. The van der Waals surface area contributed by atoms with Crippen LogP contribution in [0, 0.1) is 6.92 Å². The van der Waals surface area contributed by atoms with E-state index in [1.54, 1.807) is 7.11 Å². The third kappa shape index (κ3) is 2.89. The Morgan fingerprint density at radius 3 is 2.63 bits per heavy atom. The molecule has 2 rings (SSSR count). The van der Waals surface area contributed by atoms with Crippen molar-refractivity contribution >= 4 is 11.6 Å². The summed E-state index contributed by atoms with van der Waals surface area (Å²) in [5.74, 6) is 6.52. The Morgan fingerprint density at radius 1 is 1.21 bits per heavy atom. The van der Waals surface area contributed by atoms with Crippen LogP contribution in [0.15, 0.2) is 42.5 Å². The second kappa shape index (κ2) is 6.06. The number of nitrogens with two attached hydrogens (primary N) is 1. The molecule has 0 amide bonds. The van der Waals surface area contributed by atoms with E-state index in [4.69, 9.17) is 22.2 Å². The average Bonchev–Trinajstić information content (AvgIpc) is 2.44. The minimum Gasteiger partial charge on any atom is -0.497 e. The maximum Gasteiger partial charge on any atom is 0.119 e. The third-order valence-electron chi connectivity index (χ3n) is 3.21. The summed E-state index contributed by atoms with van der Waals surface area (Å²) in [7, 11) is 1.65. The minimum absolute atomic E-state index is 0.117. The maximum absolute atomic E-state index is 6.17. The molecular weight excluding hydrogens is 260 g/mol. The zero-order chi connectivity index (χ0) is 13.8. The first kappa shape index (κ1) is 13.9. The van der Waals surface area contributed by atoms with E-state index in [9.17, 15) is 0 Å². The highest BCUT2D eigenvalue weighted by molar-refractivity contribution is 6.31. The number of nitrogens with one attached hydrogen (secondary N) is 1. The fourth-order valence-corrected chi connectivity index (χ4v) is 2.31. The quantitative estimate of drug-likeness (QED) is 0.666. The molecular formula is C15H17ClN2O. The summed E-state index contributed by atoms with van der Waals surface area (Å²) in [6.07, 6.45) is 0. The predicted octanol–water partition coefficient (Wildman–Crippen LogP) is 3.21. The number of hydrogen-bond donors (Lipinski definition) is 2. The van der Waals surface area contributed by atoms with Gasteiger partial charge in [-0.25, -0.2) is 5.43 Å². The van der Waals surface area contributed by atoms with Crippen LogP contribution in [0.1, 0.15) is 22.7 Å². The van der Waals surface area contributed by atoms with E-state index < -0.39 is 0 Å². The molecule has 0 fully saturated rings.